The molecule has 2 aliphatic heterocycles. The number of hydrogen-bond donors (Lipinski definition) is 0. The first kappa shape index (κ1) is 29.2. The summed E-state index contributed by atoms with van der Waals surface area (Å²) in [5.74, 6) is 2.57. The predicted molar refractivity (Wildman–Crippen MR) is 196 cm³/mol. The van der Waals surface area contributed by atoms with Gasteiger partial charge in [0.05, 0.1) is 11.4 Å². The van der Waals surface area contributed by atoms with Gasteiger partial charge in [0, 0.05) is 33.4 Å². The van der Waals surface area contributed by atoms with Crippen LogP contribution in [0.5, 0.6) is 0 Å². The average Bonchev–Trinajstić information content (AvgIpc) is 3.67. The molecule has 230 valence electrons. The van der Waals surface area contributed by atoms with Gasteiger partial charge in [-0.2, -0.15) is 0 Å². The maximum atomic E-state index is 6.89. The quantitative estimate of drug-likeness (QED) is 0.192. The first-order valence-corrected chi connectivity index (χ1v) is 16.1. The third kappa shape index (κ3) is 5.54. The zero-order valence-electron chi connectivity index (χ0n) is 26.7. The van der Waals surface area contributed by atoms with Crippen LogP contribution in [0.2, 0.25) is 0 Å². The van der Waals surface area contributed by atoms with E-state index >= 15 is 0 Å². The normalized spacial score (nSPS) is 17.0. The molecule has 0 unspecified atom stereocenters. The monoisotopic (exact) mass is 620 g/mol. The lowest BCUT2D eigenvalue weighted by atomic mass is 9.86. The van der Waals surface area contributed by atoms with E-state index in [4.69, 9.17) is 19.5 Å². The molecular weight excluding hydrogens is 588 g/mol. The minimum Gasteiger partial charge on any atom is -0.437 e. The largest absolute Gasteiger partial charge is 0.437 e. The molecule has 0 radical (unpaired) electrons. The van der Waals surface area contributed by atoms with Crippen LogP contribution in [0, 0.1) is 13.8 Å². The number of fused-ring (bicyclic) bond motifs is 2. The van der Waals surface area contributed by atoms with E-state index in [0.29, 0.717) is 11.8 Å². The number of para-hydroxylation sites is 2. The molecule has 0 saturated carbocycles. The molecular formula is C44H32N2O2. The van der Waals surface area contributed by atoms with E-state index in [0.717, 1.165) is 67.4 Å². The Morgan fingerprint density at radius 2 is 0.708 bits per heavy atom. The van der Waals surface area contributed by atoms with Crippen molar-refractivity contribution in [3.05, 3.63) is 202 Å². The van der Waals surface area contributed by atoms with Gasteiger partial charge < -0.3 is 9.47 Å². The van der Waals surface area contributed by atoms with Gasteiger partial charge in [0.2, 0.25) is 11.8 Å². The van der Waals surface area contributed by atoms with E-state index in [1.807, 2.05) is 84.9 Å². The molecule has 0 spiro atoms. The zero-order valence-corrected chi connectivity index (χ0v) is 26.7. The lowest BCUT2D eigenvalue weighted by molar-refractivity contribution is 0.523. The van der Waals surface area contributed by atoms with Crippen molar-refractivity contribution < 1.29 is 9.47 Å². The van der Waals surface area contributed by atoms with Gasteiger partial charge in [-0.3, -0.25) is 0 Å². The van der Waals surface area contributed by atoms with E-state index in [1.165, 1.54) is 11.1 Å². The Labute approximate surface area is 280 Å². The molecule has 6 aromatic rings. The molecule has 2 aliphatic rings. The van der Waals surface area contributed by atoms with Crippen LogP contribution in [0.25, 0.3) is 22.7 Å². The summed E-state index contributed by atoms with van der Waals surface area (Å²) in [5, 5.41) is 0. The van der Waals surface area contributed by atoms with Gasteiger partial charge in [0.25, 0.3) is 0 Å². The summed E-state index contributed by atoms with van der Waals surface area (Å²) < 4.78 is 13.8. The summed E-state index contributed by atoms with van der Waals surface area (Å²) in [4.78, 5) is 9.94. The summed E-state index contributed by atoms with van der Waals surface area (Å²) in [6.45, 7) is 4.20. The Morgan fingerprint density at radius 3 is 1.08 bits per heavy atom. The standard InChI is InChI=1S/C44H32N2O2/c1-29-21-25-31(26-22-29)39(41-35-17-9-11-19-37(35)43(47-41)45-33-13-5-3-6-14-33)40(32-27-23-30(2)24-28-32)42-36-18-10-12-20-38(36)44(48-42)46-34-15-7-4-8-16-34/h3-28H,1-2H3/b41-39-,42-40-,45-43?,46-44?. The molecule has 0 saturated heterocycles. The molecule has 8 rings (SSSR count). The summed E-state index contributed by atoms with van der Waals surface area (Å²) >= 11 is 0. The average molecular weight is 621 g/mol. The number of hydrogen-bond acceptors (Lipinski definition) is 4. The van der Waals surface area contributed by atoms with Crippen molar-refractivity contribution in [3.63, 3.8) is 0 Å². The lowest BCUT2D eigenvalue weighted by Crippen LogP contribution is -2.02. The lowest BCUT2D eigenvalue weighted by Gasteiger charge is -2.19. The molecule has 4 heteroatoms. The van der Waals surface area contributed by atoms with Gasteiger partial charge in [-0.05, 0) is 61.4 Å². The molecule has 2 heterocycles. The minimum absolute atomic E-state index is 0.559. The van der Waals surface area contributed by atoms with E-state index in [-0.39, 0.29) is 0 Å². The molecule has 0 atom stereocenters. The molecule has 0 aliphatic carbocycles. The number of benzene rings is 6. The van der Waals surface area contributed by atoms with E-state index in [9.17, 15) is 0 Å². The van der Waals surface area contributed by atoms with Crippen LogP contribution in [0.3, 0.4) is 0 Å². The van der Waals surface area contributed by atoms with Gasteiger partial charge in [0.1, 0.15) is 11.5 Å². The van der Waals surface area contributed by atoms with Crippen LogP contribution < -0.4 is 0 Å². The van der Waals surface area contributed by atoms with Crippen molar-refractivity contribution in [1.82, 2.24) is 0 Å². The number of ether oxygens (including phenoxy) is 2. The number of aryl methyl sites for hydroxylation is 2. The zero-order chi connectivity index (χ0) is 32.5. The van der Waals surface area contributed by atoms with Crippen LogP contribution in [-0.2, 0) is 9.47 Å². The first-order valence-electron chi connectivity index (χ1n) is 16.1. The van der Waals surface area contributed by atoms with Crippen molar-refractivity contribution in [2.24, 2.45) is 9.98 Å². The Hall–Kier alpha value is -6.26. The van der Waals surface area contributed by atoms with Crippen molar-refractivity contribution in [2.75, 3.05) is 0 Å². The second-order valence-corrected chi connectivity index (χ2v) is 11.9. The first-order chi connectivity index (χ1) is 23.6. The second kappa shape index (κ2) is 12.5. The fourth-order valence-electron chi connectivity index (χ4n) is 6.14. The molecule has 0 amide bonds. The summed E-state index contributed by atoms with van der Waals surface area (Å²) in [5.41, 5.74) is 11.6. The Morgan fingerprint density at radius 1 is 0.375 bits per heavy atom. The Bertz CT molecular complexity index is 2100. The van der Waals surface area contributed by atoms with Gasteiger partial charge in [-0.25, -0.2) is 9.98 Å². The summed E-state index contributed by atoms with van der Waals surface area (Å²) in [6.07, 6.45) is 0. The van der Waals surface area contributed by atoms with Crippen molar-refractivity contribution in [1.29, 1.82) is 0 Å². The fourth-order valence-corrected chi connectivity index (χ4v) is 6.14. The summed E-state index contributed by atoms with van der Waals surface area (Å²) in [7, 11) is 0. The van der Waals surface area contributed by atoms with Crippen LogP contribution >= 0.6 is 0 Å². The minimum atomic E-state index is 0.559. The molecule has 6 aromatic carbocycles. The van der Waals surface area contributed by atoms with Crippen molar-refractivity contribution in [2.45, 2.75) is 13.8 Å². The highest BCUT2D eigenvalue weighted by Crippen LogP contribution is 2.48. The number of aliphatic imine (C=N–C) groups is 2. The topological polar surface area (TPSA) is 43.2 Å². The Balaban J connectivity index is 1.45. The number of rotatable bonds is 5. The molecule has 0 N–H and O–H groups in total. The third-order valence-electron chi connectivity index (χ3n) is 8.56. The molecule has 0 bridgehead atoms. The van der Waals surface area contributed by atoms with Crippen LogP contribution in [-0.4, -0.2) is 11.8 Å². The number of nitrogens with zero attached hydrogens (tertiary/aromatic N) is 2. The maximum Gasteiger partial charge on any atom is 0.227 e. The SMILES string of the molecule is Cc1ccc(C(/C(=C2\OC(=Nc3ccccc3)c3ccccc32)c2ccc(C)cc2)=C2/OC(=Nc3ccccc3)c3ccccc32)cc1. The fraction of sp³-hybridized carbons (Fsp3) is 0.0455. The highest BCUT2D eigenvalue weighted by molar-refractivity contribution is 6.26. The van der Waals surface area contributed by atoms with Crippen molar-refractivity contribution >= 4 is 45.8 Å². The molecule has 0 aromatic heterocycles. The molecule has 0 fully saturated rings. The van der Waals surface area contributed by atoms with Gasteiger partial charge in [0.15, 0.2) is 0 Å². The van der Waals surface area contributed by atoms with Crippen LogP contribution in [0.15, 0.2) is 168 Å². The Kier molecular flexibility index (Phi) is 7.60. The van der Waals surface area contributed by atoms with E-state index in [1.54, 1.807) is 0 Å². The molecule has 48 heavy (non-hydrogen) atoms. The third-order valence-corrected chi connectivity index (χ3v) is 8.56. The van der Waals surface area contributed by atoms with Crippen molar-refractivity contribution in [3.8, 4) is 0 Å². The van der Waals surface area contributed by atoms with E-state index in [2.05, 4.69) is 86.6 Å². The van der Waals surface area contributed by atoms with Gasteiger partial charge >= 0.3 is 0 Å². The highest BCUT2D eigenvalue weighted by Gasteiger charge is 2.35. The number of allylic oxidation sites excluding steroid dienone is 2. The van der Waals surface area contributed by atoms with Gasteiger partial charge in [-0.1, -0.05) is 132 Å². The van der Waals surface area contributed by atoms with Crippen LogP contribution in [0.1, 0.15) is 44.5 Å². The van der Waals surface area contributed by atoms with Gasteiger partial charge in [-0.15, -0.1) is 0 Å². The molecule has 4 nitrogen and oxygen atoms in total. The highest BCUT2D eigenvalue weighted by atomic mass is 16.5. The maximum absolute atomic E-state index is 6.89. The van der Waals surface area contributed by atoms with E-state index < -0.39 is 0 Å². The van der Waals surface area contributed by atoms with Crippen LogP contribution in [0.4, 0.5) is 11.4 Å². The summed E-state index contributed by atoms with van der Waals surface area (Å²) in [6, 6.07) is 53.5. The second-order valence-electron chi connectivity index (χ2n) is 11.9. The smallest absolute Gasteiger partial charge is 0.227 e. The predicted octanol–water partition coefficient (Wildman–Crippen LogP) is 11.0.